The van der Waals surface area contributed by atoms with Crippen LogP contribution in [0.1, 0.15) is 56.6 Å². The molecule has 2 unspecified atom stereocenters. The summed E-state index contributed by atoms with van der Waals surface area (Å²) in [6.07, 6.45) is 4.14. The van der Waals surface area contributed by atoms with E-state index in [2.05, 4.69) is 0 Å². The van der Waals surface area contributed by atoms with Crippen LogP contribution >= 0.6 is 23.2 Å². The Morgan fingerprint density at radius 1 is 1.15 bits per heavy atom. The number of rotatable bonds is 11. The van der Waals surface area contributed by atoms with Crippen molar-refractivity contribution in [3.63, 3.8) is 0 Å². The summed E-state index contributed by atoms with van der Waals surface area (Å²) in [6.45, 7) is 5.82. The maximum Gasteiger partial charge on any atom is 0.226 e. The molecule has 34 heavy (non-hydrogen) atoms. The van der Waals surface area contributed by atoms with Crippen LogP contribution in [-0.4, -0.2) is 50.0 Å². The maximum atomic E-state index is 13.0. The molecule has 0 N–H and O–H groups in total. The van der Waals surface area contributed by atoms with Crippen LogP contribution in [0.4, 0.5) is 0 Å². The number of halogens is 2. The van der Waals surface area contributed by atoms with Crippen LogP contribution in [0.15, 0.2) is 42.5 Å². The van der Waals surface area contributed by atoms with Gasteiger partial charge in [-0.05, 0) is 74.9 Å². The van der Waals surface area contributed by atoms with Crippen LogP contribution in [0.2, 0.25) is 10.0 Å². The lowest BCUT2D eigenvalue weighted by molar-refractivity contribution is -0.163. The Bertz CT molecular complexity index is 931. The number of likely N-dealkylation sites (N-methyl/N-ethyl adjacent to an activating group) is 1. The van der Waals surface area contributed by atoms with E-state index in [1.165, 1.54) is 0 Å². The molecule has 0 aromatic heterocycles. The minimum Gasteiger partial charge on any atom is -0.491 e. The van der Waals surface area contributed by atoms with Crippen molar-refractivity contribution >= 4 is 29.1 Å². The van der Waals surface area contributed by atoms with Gasteiger partial charge in [0.15, 0.2) is 6.29 Å². The monoisotopic (exact) mass is 507 g/mol. The number of carbonyl (C=O) groups is 1. The second-order valence-corrected chi connectivity index (χ2v) is 9.91. The summed E-state index contributed by atoms with van der Waals surface area (Å²) in [5.41, 5.74) is 1.97. The molecule has 1 aliphatic heterocycles. The molecule has 1 fully saturated rings. The van der Waals surface area contributed by atoms with Gasteiger partial charge >= 0.3 is 0 Å². The van der Waals surface area contributed by atoms with E-state index in [0.29, 0.717) is 29.6 Å². The van der Waals surface area contributed by atoms with E-state index in [-0.39, 0.29) is 24.2 Å². The molecule has 5 nitrogen and oxygen atoms in total. The summed E-state index contributed by atoms with van der Waals surface area (Å²) in [6, 6.07) is 13.4. The summed E-state index contributed by atoms with van der Waals surface area (Å²) < 4.78 is 17.4. The Balaban J connectivity index is 1.63. The fourth-order valence-electron chi connectivity index (χ4n) is 4.06. The largest absolute Gasteiger partial charge is 0.491 e. The Morgan fingerprint density at radius 3 is 2.68 bits per heavy atom. The Labute approximate surface area is 213 Å². The second kappa shape index (κ2) is 13.3. The molecule has 2 aromatic rings. The van der Waals surface area contributed by atoms with E-state index in [1.807, 2.05) is 57.3 Å². The third-order valence-corrected chi connectivity index (χ3v) is 6.61. The lowest BCUT2D eigenvalue weighted by Crippen LogP contribution is -2.33. The first-order valence-electron chi connectivity index (χ1n) is 12.0. The van der Waals surface area contributed by atoms with Crippen molar-refractivity contribution in [1.82, 2.24) is 4.90 Å². The first kappa shape index (κ1) is 26.8. The van der Waals surface area contributed by atoms with Gasteiger partial charge in [0.05, 0.1) is 29.2 Å². The van der Waals surface area contributed by atoms with Gasteiger partial charge < -0.3 is 19.1 Å². The number of carbonyl (C=O) groups excluding carboxylic acids is 1. The molecule has 1 saturated heterocycles. The Morgan fingerprint density at radius 2 is 1.97 bits per heavy atom. The topological polar surface area (TPSA) is 48.0 Å². The molecule has 0 spiro atoms. The number of hydrogen-bond acceptors (Lipinski definition) is 4. The molecule has 1 heterocycles. The van der Waals surface area contributed by atoms with E-state index in [4.69, 9.17) is 37.4 Å². The number of ether oxygens (including phenoxy) is 3. The Kier molecular flexibility index (Phi) is 10.5. The molecule has 0 aliphatic carbocycles. The summed E-state index contributed by atoms with van der Waals surface area (Å²) in [5.74, 6) is 0.880. The molecule has 2 atom stereocenters. The van der Waals surface area contributed by atoms with Crippen LogP contribution in [-0.2, 0) is 20.7 Å². The lowest BCUT2D eigenvalue weighted by Gasteiger charge is -2.27. The van der Waals surface area contributed by atoms with Gasteiger partial charge in [-0.1, -0.05) is 41.4 Å². The van der Waals surface area contributed by atoms with Crippen LogP contribution in [0.25, 0.3) is 0 Å². The third-order valence-electron chi connectivity index (χ3n) is 5.87. The molecule has 2 aromatic carbocycles. The first-order valence-corrected chi connectivity index (χ1v) is 12.7. The third kappa shape index (κ3) is 8.46. The standard InChI is InChI=1S/C27H35Cl2NO4/c1-19(2)34-23-8-6-7-20(15-23)16-26(31)30(3)18-22(21-10-11-24(28)25(29)17-21)12-14-33-27-9-4-5-13-32-27/h6-8,10-11,15,17,19,22,27H,4-5,9,12-14,16,18H2,1-3H3. The van der Waals surface area contributed by atoms with Crippen LogP contribution in [0.3, 0.4) is 0 Å². The van der Waals surface area contributed by atoms with Crippen molar-refractivity contribution in [1.29, 1.82) is 0 Å². The average molecular weight is 508 g/mol. The van der Waals surface area contributed by atoms with Gasteiger partial charge in [0.1, 0.15) is 5.75 Å². The molecule has 0 saturated carbocycles. The van der Waals surface area contributed by atoms with Crippen molar-refractivity contribution in [2.45, 2.75) is 64.3 Å². The number of amides is 1. The maximum absolute atomic E-state index is 13.0. The van der Waals surface area contributed by atoms with E-state index in [1.54, 1.807) is 11.0 Å². The molecule has 3 rings (SSSR count). The van der Waals surface area contributed by atoms with Crippen molar-refractivity contribution in [3.05, 3.63) is 63.6 Å². The lowest BCUT2D eigenvalue weighted by atomic mass is 9.95. The minimum atomic E-state index is -0.136. The summed E-state index contributed by atoms with van der Waals surface area (Å²) >= 11 is 12.4. The van der Waals surface area contributed by atoms with Gasteiger partial charge in [-0.2, -0.15) is 0 Å². The van der Waals surface area contributed by atoms with Gasteiger partial charge in [-0.3, -0.25) is 4.79 Å². The molecule has 1 amide bonds. The molecular weight excluding hydrogens is 473 g/mol. The van der Waals surface area contributed by atoms with E-state index in [9.17, 15) is 4.79 Å². The number of benzene rings is 2. The highest BCUT2D eigenvalue weighted by Gasteiger charge is 2.21. The first-order chi connectivity index (χ1) is 16.3. The normalized spacial score (nSPS) is 16.9. The number of nitrogens with zero attached hydrogens (tertiary/aromatic N) is 1. The van der Waals surface area contributed by atoms with E-state index < -0.39 is 0 Å². The van der Waals surface area contributed by atoms with Gasteiger partial charge in [-0.25, -0.2) is 0 Å². The van der Waals surface area contributed by atoms with Crippen LogP contribution in [0, 0.1) is 0 Å². The Hall–Kier alpha value is -1.79. The summed E-state index contributed by atoms with van der Waals surface area (Å²) in [7, 11) is 1.84. The van der Waals surface area contributed by atoms with Crippen molar-refractivity contribution in [2.75, 3.05) is 26.8 Å². The van der Waals surface area contributed by atoms with Crippen molar-refractivity contribution in [2.24, 2.45) is 0 Å². The summed E-state index contributed by atoms with van der Waals surface area (Å²) in [4.78, 5) is 14.8. The molecular formula is C27H35Cl2NO4. The number of hydrogen-bond donors (Lipinski definition) is 0. The highest BCUT2D eigenvalue weighted by Crippen LogP contribution is 2.29. The smallest absolute Gasteiger partial charge is 0.226 e. The highest BCUT2D eigenvalue weighted by molar-refractivity contribution is 6.42. The summed E-state index contributed by atoms with van der Waals surface area (Å²) in [5, 5.41) is 1.03. The quantitative estimate of drug-likeness (QED) is 0.348. The zero-order valence-electron chi connectivity index (χ0n) is 20.3. The predicted molar refractivity (Wildman–Crippen MR) is 137 cm³/mol. The zero-order chi connectivity index (χ0) is 24.5. The van der Waals surface area contributed by atoms with Crippen LogP contribution in [0.5, 0.6) is 5.75 Å². The zero-order valence-corrected chi connectivity index (χ0v) is 21.8. The van der Waals surface area contributed by atoms with Crippen molar-refractivity contribution < 1.29 is 19.0 Å². The molecule has 186 valence electrons. The molecule has 1 aliphatic rings. The van der Waals surface area contributed by atoms with E-state index in [0.717, 1.165) is 49.2 Å². The van der Waals surface area contributed by atoms with Gasteiger partial charge in [0, 0.05) is 26.1 Å². The SMILES string of the molecule is CC(C)Oc1cccc(CC(=O)N(C)CC(CCOC2CCCCO2)c2ccc(Cl)c(Cl)c2)c1. The van der Waals surface area contributed by atoms with Gasteiger partial charge in [0.25, 0.3) is 0 Å². The molecule has 0 radical (unpaired) electrons. The fourth-order valence-corrected chi connectivity index (χ4v) is 4.36. The molecule has 7 heteroatoms. The van der Waals surface area contributed by atoms with Crippen LogP contribution < -0.4 is 4.74 Å². The average Bonchev–Trinajstić information content (AvgIpc) is 2.80. The minimum absolute atomic E-state index is 0.0447. The highest BCUT2D eigenvalue weighted by atomic mass is 35.5. The van der Waals surface area contributed by atoms with Gasteiger partial charge in [0.2, 0.25) is 5.91 Å². The second-order valence-electron chi connectivity index (χ2n) is 9.09. The van der Waals surface area contributed by atoms with Crippen molar-refractivity contribution in [3.8, 4) is 5.75 Å². The predicted octanol–water partition coefficient (Wildman–Crippen LogP) is 6.50. The van der Waals surface area contributed by atoms with Gasteiger partial charge in [-0.15, -0.1) is 0 Å². The van der Waals surface area contributed by atoms with E-state index >= 15 is 0 Å². The fraction of sp³-hybridized carbons (Fsp3) is 0.519. The molecule has 0 bridgehead atoms.